The van der Waals surface area contributed by atoms with Crippen molar-refractivity contribution in [2.24, 2.45) is 23.7 Å². The summed E-state index contributed by atoms with van der Waals surface area (Å²) in [5.74, 6) is 1.00. The molecule has 0 N–H and O–H groups in total. The zero-order chi connectivity index (χ0) is 13.0. The monoisotopic (exact) mass is 252 g/mol. The Morgan fingerprint density at radius 1 is 1.21 bits per heavy atom. The third kappa shape index (κ3) is 1.24. The predicted molar refractivity (Wildman–Crippen MR) is 72.1 cm³/mol. The molecule has 1 heterocycles. The van der Waals surface area contributed by atoms with Crippen molar-refractivity contribution in [2.45, 2.75) is 12.0 Å². The van der Waals surface area contributed by atoms with Crippen LogP contribution in [-0.4, -0.2) is 5.97 Å². The summed E-state index contributed by atoms with van der Waals surface area (Å²) in [6.45, 7) is 3.97. The van der Waals surface area contributed by atoms with Crippen LogP contribution < -0.4 is 0 Å². The largest absolute Gasteiger partial charge is 0.449 e. The van der Waals surface area contributed by atoms with Gasteiger partial charge in [0.2, 0.25) is 0 Å². The smallest absolute Gasteiger partial charge is 0.311 e. The van der Waals surface area contributed by atoms with E-state index in [0.717, 1.165) is 12.0 Å². The lowest BCUT2D eigenvalue weighted by atomic mass is 9.71. The lowest BCUT2D eigenvalue weighted by Gasteiger charge is -2.33. The number of esters is 1. The molecule has 1 aromatic rings. The van der Waals surface area contributed by atoms with Gasteiger partial charge in [-0.25, -0.2) is 0 Å². The molecule has 0 unspecified atom stereocenters. The first kappa shape index (κ1) is 11.0. The number of rotatable bonds is 2. The second-order valence-electron chi connectivity index (χ2n) is 5.78. The van der Waals surface area contributed by atoms with Crippen molar-refractivity contribution in [3.63, 3.8) is 0 Å². The van der Waals surface area contributed by atoms with Gasteiger partial charge in [-0.15, -0.1) is 0 Å². The van der Waals surface area contributed by atoms with E-state index < -0.39 is 5.60 Å². The van der Waals surface area contributed by atoms with Gasteiger partial charge in [-0.05, 0) is 29.9 Å². The second kappa shape index (κ2) is 3.60. The molecule has 5 atom stereocenters. The van der Waals surface area contributed by atoms with Gasteiger partial charge in [0.1, 0.15) is 0 Å². The summed E-state index contributed by atoms with van der Waals surface area (Å²) in [5.41, 5.74) is 0.416. The summed E-state index contributed by atoms with van der Waals surface area (Å²) in [6.07, 6.45) is 7.37. The number of benzene rings is 1. The molecule has 0 amide bonds. The molecule has 2 fully saturated rings. The zero-order valence-electron chi connectivity index (χ0n) is 10.7. The molecular formula is C17H16O2. The summed E-state index contributed by atoms with van der Waals surface area (Å²) in [4.78, 5) is 12.3. The van der Waals surface area contributed by atoms with Crippen LogP contribution >= 0.6 is 0 Å². The van der Waals surface area contributed by atoms with Crippen molar-refractivity contribution < 1.29 is 9.53 Å². The molecule has 1 aromatic carbocycles. The quantitative estimate of drug-likeness (QED) is 0.597. The number of ether oxygens (including phenoxy) is 1. The number of fused-ring (bicyclic) bond motifs is 5. The minimum absolute atomic E-state index is 0.0215. The third-order valence-electron chi connectivity index (χ3n) is 5.02. The molecule has 19 heavy (non-hydrogen) atoms. The average Bonchev–Trinajstić information content (AvgIpc) is 3.12. The summed E-state index contributed by atoms with van der Waals surface area (Å²) in [7, 11) is 0. The molecule has 3 aliphatic rings. The summed E-state index contributed by atoms with van der Waals surface area (Å²) in [6, 6.07) is 10.0. The van der Waals surface area contributed by atoms with E-state index in [4.69, 9.17) is 4.74 Å². The SMILES string of the molecule is C=C[C@]1(c2ccccc2)OC(=O)[C@@H]2[C@H]1[C@@H]1C=C[C@H]2C1. The highest BCUT2D eigenvalue weighted by Crippen LogP contribution is 2.60. The van der Waals surface area contributed by atoms with E-state index in [1.165, 1.54) is 0 Å². The molecule has 0 spiro atoms. The lowest BCUT2D eigenvalue weighted by Crippen LogP contribution is -2.34. The Kier molecular flexibility index (Phi) is 2.09. The average molecular weight is 252 g/mol. The number of hydrogen-bond acceptors (Lipinski definition) is 2. The Morgan fingerprint density at radius 3 is 2.68 bits per heavy atom. The van der Waals surface area contributed by atoms with E-state index in [1.807, 2.05) is 36.4 Å². The van der Waals surface area contributed by atoms with Crippen LogP contribution in [0, 0.1) is 23.7 Å². The molecule has 2 heteroatoms. The highest BCUT2D eigenvalue weighted by Gasteiger charge is 2.64. The Balaban J connectivity index is 1.88. The van der Waals surface area contributed by atoms with E-state index in [9.17, 15) is 4.79 Å². The van der Waals surface area contributed by atoms with E-state index in [0.29, 0.717) is 11.8 Å². The first-order valence-electron chi connectivity index (χ1n) is 6.86. The van der Waals surface area contributed by atoms with Crippen molar-refractivity contribution >= 4 is 5.97 Å². The van der Waals surface area contributed by atoms with Crippen molar-refractivity contribution in [2.75, 3.05) is 0 Å². The third-order valence-corrected chi connectivity index (χ3v) is 5.02. The molecule has 0 aromatic heterocycles. The summed E-state index contributed by atoms with van der Waals surface area (Å²) >= 11 is 0. The van der Waals surface area contributed by atoms with Crippen molar-refractivity contribution in [3.8, 4) is 0 Å². The van der Waals surface area contributed by atoms with Crippen LogP contribution in [0.3, 0.4) is 0 Å². The van der Waals surface area contributed by atoms with Crippen LogP contribution in [-0.2, 0) is 15.1 Å². The number of carbonyl (C=O) groups excluding carboxylic acids is 1. The Morgan fingerprint density at radius 2 is 1.95 bits per heavy atom. The van der Waals surface area contributed by atoms with Gasteiger partial charge in [-0.1, -0.05) is 49.1 Å². The molecule has 1 aliphatic heterocycles. The molecule has 1 saturated carbocycles. The van der Waals surface area contributed by atoms with Gasteiger partial charge in [0.25, 0.3) is 0 Å². The van der Waals surface area contributed by atoms with Crippen LogP contribution in [0.5, 0.6) is 0 Å². The van der Waals surface area contributed by atoms with Crippen LogP contribution in [0.15, 0.2) is 55.1 Å². The van der Waals surface area contributed by atoms with Gasteiger partial charge in [-0.3, -0.25) is 4.79 Å². The van der Waals surface area contributed by atoms with E-state index in [-0.39, 0.29) is 17.8 Å². The molecule has 96 valence electrons. The number of carbonyl (C=O) groups is 1. The maximum atomic E-state index is 12.3. The highest BCUT2D eigenvalue weighted by atomic mass is 16.6. The topological polar surface area (TPSA) is 26.3 Å². The van der Waals surface area contributed by atoms with Gasteiger partial charge >= 0.3 is 5.97 Å². The standard InChI is InChI=1S/C17H16O2/c1-2-17(13-6-4-3-5-7-13)15-12-9-8-11(10-12)14(15)16(18)19-17/h2-9,11-12,14-15H,1,10H2/t11-,12+,14-,15+,17+/m0/s1. The van der Waals surface area contributed by atoms with Gasteiger partial charge < -0.3 is 4.74 Å². The van der Waals surface area contributed by atoms with Gasteiger partial charge in [0.05, 0.1) is 5.92 Å². The molecular weight excluding hydrogens is 236 g/mol. The van der Waals surface area contributed by atoms with Crippen LogP contribution in [0.1, 0.15) is 12.0 Å². The molecule has 2 bridgehead atoms. The van der Waals surface area contributed by atoms with Crippen molar-refractivity contribution in [1.29, 1.82) is 0 Å². The van der Waals surface area contributed by atoms with Crippen molar-refractivity contribution in [1.82, 2.24) is 0 Å². The number of hydrogen-bond donors (Lipinski definition) is 0. The molecule has 2 aliphatic carbocycles. The molecule has 2 nitrogen and oxygen atoms in total. The first-order valence-corrected chi connectivity index (χ1v) is 6.86. The minimum Gasteiger partial charge on any atom is -0.449 e. The molecule has 1 saturated heterocycles. The number of allylic oxidation sites excluding steroid dienone is 2. The Labute approximate surface area is 112 Å². The van der Waals surface area contributed by atoms with Gasteiger partial charge in [0, 0.05) is 5.92 Å². The van der Waals surface area contributed by atoms with E-state index >= 15 is 0 Å². The maximum absolute atomic E-state index is 12.3. The second-order valence-corrected chi connectivity index (χ2v) is 5.78. The zero-order valence-corrected chi connectivity index (χ0v) is 10.7. The highest BCUT2D eigenvalue weighted by molar-refractivity contribution is 5.79. The Bertz CT molecular complexity index is 574. The van der Waals surface area contributed by atoms with E-state index in [2.05, 4.69) is 18.7 Å². The fourth-order valence-corrected chi connectivity index (χ4v) is 4.28. The fourth-order valence-electron chi connectivity index (χ4n) is 4.28. The van der Waals surface area contributed by atoms with E-state index in [1.54, 1.807) is 0 Å². The minimum atomic E-state index is -0.632. The number of cyclic esters (lactones) is 1. The predicted octanol–water partition coefficient (Wildman–Crippen LogP) is 3.06. The fraction of sp³-hybridized carbons (Fsp3) is 0.353. The Hall–Kier alpha value is -1.83. The van der Waals surface area contributed by atoms with Crippen LogP contribution in [0.2, 0.25) is 0 Å². The van der Waals surface area contributed by atoms with Gasteiger partial charge in [0.15, 0.2) is 5.60 Å². The van der Waals surface area contributed by atoms with Crippen LogP contribution in [0.4, 0.5) is 0 Å². The molecule has 0 radical (unpaired) electrons. The maximum Gasteiger partial charge on any atom is 0.311 e. The normalized spacial score (nSPS) is 42.2. The molecule has 4 rings (SSSR count). The summed E-state index contributed by atoms with van der Waals surface area (Å²) in [5, 5.41) is 0. The lowest BCUT2D eigenvalue weighted by molar-refractivity contribution is -0.149. The van der Waals surface area contributed by atoms with Crippen molar-refractivity contribution in [3.05, 3.63) is 60.7 Å². The van der Waals surface area contributed by atoms with Crippen LogP contribution in [0.25, 0.3) is 0 Å². The first-order chi connectivity index (χ1) is 9.26. The van der Waals surface area contributed by atoms with Gasteiger partial charge in [-0.2, -0.15) is 0 Å². The summed E-state index contributed by atoms with van der Waals surface area (Å²) < 4.78 is 5.84.